The van der Waals surface area contributed by atoms with Crippen LogP contribution in [0.15, 0.2) is 28.3 Å². The number of halogens is 1. The van der Waals surface area contributed by atoms with E-state index in [4.69, 9.17) is 5.84 Å². The molecule has 0 aliphatic rings. The van der Waals surface area contributed by atoms with Crippen LogP contribution < -0.4 is 11.3 Å². The number of aryl methyl sites for hydroxylation is 1. The minimum absolute atomic E-state index is 0.0370. The molecule has 4 nitrogen and oxygen atoms in total. The first-order valence-corrected chi connectivity index (χ1v) is 6.55. The Labute approximate surface area is 107 Å². The van der Waals surface area contributed by atoms with Gasteiger partial charge in [0, 0.05) is 35.2 Å². The Balaban J connectivity index is 2.19. The monoisotopic (exact) mass is 300 g/mol. The van der Waals surface area contributed by atoms with E-state index in [-0.39, 0.29) is 6.04 Å². The summed E-state index contributed by atoms with van der Waals surface area (Å²) in [6.07, 6.45) is 4.53. The summed E-state index contributed by atoms with van der Waals surface area (Å²) in [6.45, 7) is 0. The topological polar surface area (TPSA) is 55.9 Å². The molecule has 0 saturated heterocycles. The van der Waals surface area contributed by atoms with Crippen molar-refractivity contribution in [1.29, 1.82) is 0 Å². The summed E-state index contributed by atoms with van der Waals surface area (Å²) in [5.74, 6) is 6.53. The summed E-state index contributed by atoms with van der Waals surface area (Å²) >= 11 is 5.24. The molecule has 2 heterocycles. The number of rotatable bonds is 4. The molecule has 2 rings (SSSR count). The van der Waals surface area contributed by atoms with Gasteiger partial charge in [-0.25, -0.2) is 10.4 Å². The van der Waals surface area contributed by atoms with Crippen LogP contribution in [-0.2, 0) is 13.5 Å². The molecule has 86 valence electrons. The van der Waals surface area contributed by atoms with E-state index in [0.717, 1.165) is 16.7 Å². The molecule has 1 atom stereocenters. The molecule has 0 radical (unpaired) electrons. The van der Waals surface area contributed by atoms with Crippen molar-refractivity contribution >= 4 is 27.3 Å². The number of imidazole rings is 1. The molecule has 3 N–H and O–H groups in total. The number of aromatic nitrogens is 2. The van der Waals surface area contributed by atoms with Crippen LogP contribution in [0, 0.1) is 0 Å². The van der Waals surface area contributed by atoms with Crippen molar-refractivity contribution in [2.75, 3.05) is 0 Å². The largest absolute Gasteiger partial charge is 0.337 e. The van der Waals surface area contributed by atoms with Crippen LogP contribution in [0.5, 0.6) is 0 Å². The Kier molecular flexibility index (Phi) is 3.75. The SMILES string of the molecule is Cn1ccnc1C(Cc1sccc1Br)NN. The first-order valence-electron chi connectivity index (χ1n) is 4.87. The summed E-state index contributed by atoms with van der Waals surface area (Å²) in [7, 11) is 1.97. The van der Waals surface area contributed by atoms with E-state index in [9.17, 15) is 0 Å². The molecule has 2 aromatic rings. The van der Waals surface area contributed by atoms with Gasteiger partial charge in [-0.1, -0.05) is 0 Å². The van der Waals surface area contributed by atoms with Gasteiger partial charge in [-0.2, -0.15) is 0 Å². The fourth-order valence-corrected chi connectivity index (χ4v) is 3.16. The molecule has 1 unspecified atom stereocenters. The highest BCUT2D eigenvalue weighted by atomic mass is 79.9. The Morgan fingerprint density at radius 1 is 1.69 bits per heavy atom. The first kappa shape index (κ1) is 11.8. The van der Waals surface area contributed by atoms with Crippen molar-refractivity contribution in [3.8, 4) is 0 Å². The highest BCUT2D eigenvalue weighted by Crippen LogP contribution is 2.27. The van der Waals surface area contributed by atoms with E-state index in [1.54, 1.807) is 17.5 Å². The third-order valence-electron chi connectivity index (χ3n) is 2.45. The van der Waals surface area contributed by atoms with Crippen molar-refractivity contribution < 1.29 is 0 Å². The second-order valence-corrected chi connectivity index (χ2v) is 5.37. The zero-order valence-corrected chi connectivity index (χ0v) is 11.3. The standard InChI is InChI=1S/C10H13BrN4S/c1-15-4-3-13-10(15)8(14-12)6-9-7(11)2-5-16-9/h2-5,8,14H,6,12H2,1H3. The fraction of sp³-hybridized carbons (Fsp3) is 0.300. The molecule has 0 fully saturated rings. The number of thiophene rings is 1. The molecule has 2 aromatic heterocycles. The summed E-state index contributed by atoms with van der Waals surface area (Å²) in [6, 6.07) is 2.08. The van der Waals surface area contributed by atoms with Gasteiger partial charge in [0.2, 0.25) is 0 Å². The third-order valence-corrected chi connectivity index (χ3v) is 4.40. The Morgan fingerprint density at radius 2 is 2.50 bits per heavy atom. The van der Waals surface area contributed by atoms with Gasteiger partial charge < -0.3 is 4.57 Å². The maximum atomic E-state index is 5.59. The summed E-state index contributed by atoms with van der Waals surface area (Å²) < 4.78 is 3.11. The lowest BCUT2D eigenvalue weighted by atomic mass is 10.2. The van der Waals surface area contributed by atoms with Crippen LogP contribution in [0.3, 0.4) is 0 Å². The first-order chi connectivity index (χ1) is 7.72. The van der Waals surface area contributed by atoms with Gasteiger partial charge in [0.25, 0.3) is 0 Å². The zero-order chi connectivity index (χ0) is 11.5. The van der Waals surface area contributed by atoms with Gasteiger partial charge >= 0.3 is 0 Å². The van der Waals surface area contributed by atoms with Crippen LogP contribution in [-0.4, -0.2) is 9.55 Å². The van der Waals surface area contributed by atoms with Gasteiger partial charge in [-0.3, -0.25) is 5.84 Å². The number of hydrogen-bond donors (Lipinski definition) is 2. The van der Waals surface area contributed by atoms with Crippen LogP contribution in [0.1, 0.15) is 16.7 Å². The van der Waals surface area contributed by atoms with E-state index in [1.807, 2.05) is 23.9 Å². The molecule has 0 bridgehead atoms. The highest BCUT2D eigenvalue weighted by Gasteiger charge is 2.16. The van der Waals surface area contributed by atoms with Gasteiger partial charge in [-0.15, -0.1) is 11.3 Å². The van der Waals surface area contributed by atoms with Crippen LogP contribution in [0.4, 0.5) is 0 Å². The minimum Gasteiger partial charge on any atom is -0.337 e. The van der Waals surface area contributed by atoms with Crippen molar-refractivity contribution in [3.05, 3.63) is 39.0 Å². The second kappa shape index (κ2) is 5.09. The molecule has 6 heteroatoms. The lowest BCUT2D eigenvalue weighted by molar-refractivity contribution is 0.510. The lowest BCUT2D eigenvalue weighted by Crippen LogP contribution is -2.31. The average Bonchev–Trinajstić information content (AvgIpc) is 2.85. The number of hydrogen-bond acceptors (Lipinski definition) is 4. The quantitative estimate of drug-likeness (QED) is 0.671. The molecule has 0 amide bonds. The van der Waals surface area contributed by atoms with Crippen molar-refractivity contribution in [2.24, 2.45) is 12.9 Å². The van der Waals surface area contributed by atoms with E-state index >= 15 is 0 Å². The summed E-state index contributed by atoms with van der Waals surface area (Å²) in [4.78, 5) is 5.58. The van der Waals surface area contributed by atoms with E-state index < -0.39 is 0 Å². The second-order valence-electron chi connectivity index (χ2n) is 3.51. The number of nitrogens with one attached hydrogen (secondary N) is 1. The van der Waals surface area contributed by atoms with Crippen molar-refractivity contribution in [2.45, 2.75) is 12.5 Å². The zero-order valence-electron chi connectivity index (χ0n) is 8.85. The van der Waals surface area contributed by atoms with Gasteiger partial charge in [0.1, 0.15) is 5.82 Å². The smallest absolute Gasteiger partial charge is 0.127 e. The molecule has 0 aromatic carbocycles. The number of nitrogens with zero attached hydrogens (tertiary/aromatic N) is 2. The van der Waals surface area contributed by atoms with Gasteiger partial charge in [-0.05, 0) is 27.4 Å². The number of nitrogens with two attached hydrogens (primary N) is 1. The fourth-order valence-electron chi connectivity index (χ4n) is 1.59. The Morgan fingerprint density at radius 3 is 3.00 bits per heavy atom. The Bertz CT molecular complexity index is 465. The molecule has 0 saturated carbocycles. The minimum atomic E-state index is 0.0370. The summed E-state index contributed by atoms with van der Waals surface area (Å²) in [5, 5.41) is 2.06. The maximum absolute atomic E-state index is 5.59. The molecule has 0 aliphatic carbocycles. The van der Waals surface area contributed by atoms with Crippen LogP contribution in [0.2, 0.25) is 0 Å². The van der Waals surface area contributed by atoms with Crippen LogP contribution in [0.25, 0.3) is 0 Å². The predicted octanol–water partition coefficient (Wildman–Crippen LogP) is 1.99. The average molecular weight is 301 g/mol. The molecule has 0 aliphatic heterocycles. The number of hydrazine groups is 1. The lowest BCUT2D eigenvalue weighted by Gasteiger charge is -2.15. The van der Waals surface area contributed by atoms with E-state index in [1.165, 1.54) is 4.88 Å². The Hall–Kier alpha value is -0.690. The molecular weight excluding hydrogens is 288 g/mol. The summed E-state index contributed by atoms with van der Waals surface area (Å²) in [5.41, 5.74) is 2.81. The molecule has 0 spiro atoms. The normalized spacial score (nSPS) is 12.9. The predicted molar refractivity (Wildman–Crippen MR) is 69.0 cm³/mol. The van der Waals surface area contributed by atoms with Crippen molar-refractivity contribution in [3.63, 3.8) is 0 Å². The maximum Gasteiger partial charge on any atom is 0.127 e. The highest BCUT2D eigenvalue weighted by molar-refractivity contribution is 9.10. The van der Waals surface area contributed by atoms with E-state index in [2.05, 4.69) is 31.7 Å². The van der Waals surface area contributed by atoms with Crippen LogP contribution >= 0.6 is 27.3 Å². The molecule has 16 heavy (non-hydrogen) atoms. The van der Waals surface area contributed by atoms with Gasteiger partial charge in [0.15, 0.2) is 0 Å². The van der Waals surface area contributed by atoms with E-state index in [0.29, 0.717) is 0 Å². The van der Waals surface area contributed by atoms with Gasteiger partial charge in [0.05, 0.1) is 6.04 Å². The van der Waals surface area contributed by atoms with Crippen molar-refractivity contribution in [1.82, 2.24) is 15.0 Å². The third kappa shape index (κ3) is 2.35. The molecular formula is C10H13BrN4S.